The average molecular weight is 401 g/mol. The molecular weight excluding hydrogens is 384 g/mol. The minimum Gasteiger partial charge on any atom is -0.378 e. The molecule has 9 heteroatoms. The van der Waals surface area contributed by atoms with E-state index in [0.717, 1.165) is 11.3 Å². The predicted molar refractivity (Wildman–Crippen MR) is 96.5 cm³/mol. The number of hydrogen-bond acceptors (Lipinski definition) is 5. The summed E-state index contributed by atoms with van der Waals surface area (Å²) in [7, 11) is -3.70. The number of amides is 1. The molecule has 1 fully saturated rings. The molecule has 1 aliphatic rings. The number of thiophene rings is 1. The first-order valence-electron chi connectivity index (χ1n) is 7.66. The van der Waals surface area contributed by atoms with Gasteiger partial charge in [-0.1, -0.05) is 29.8 Å². The molecule has 6 nitrogen and oxygen atoms in total. The molecule has 0 radical (unpaired) electrons. The zero-order chi connectivity index (χ0) is 17.9. The number of nitrogens with zero attached hydrogens (tertiary/aromatic N) is 1. The molecule has 1 saturated heterocycles. The number of morpholine rings is 1. The highest BCUT2D eigenvalue weighted by atomic mass is 35.5. The monoisotopic (exact) mass is 400 g/mol. The molecule has 1 aromatic carbocycles. The lowest BCUT2D eigenvalue weighted by Gasteiger charge is -2.26. The van der Waals surface area contributed by atoms with E-state index in [2.05, 4.69) is 4.72 Å². The summed E-state index contributed by atoms with van der Waals surface area (Å²) in [5, 5.41) is 2.07. The van der Waals surface area contributed by atoms with Crippen LogP contribution in [0.5, 0.6) is 0 Å². The molecule has 0 saturated carbocycles. The Morgan fingerprint density at radius 2 is 2.00 bits per heavy atom. The first-order valence-corrected chi connectivity index (χ1v) is 10.4. The lowest BCUT2D eigenvalue weighted by Crippen LogP contribution is -2.40. The highest BCUT2D eigenvalue weighted by molar-refractivity contribution is 7.91. The summed E-state index contributed by atoms with van der Waals surface area (Å²) in [5.74, 6) is -0.174. The molecule has 3 rings (SSSR count). The van der Waals surface area contributed by atoms with E-state index in [-0.39, 0.29) is 16.7 Å². The Morgan fingerprint density at radius 3 is 2.72 bits per heavy atom. The minimum absolute atomic E-state index is 0.0899. The van der Waals surface area contributed by atoms with Crippen molar-refractivity contribution in [3.8, 4) is 0 Å². The smallest absolute Gasteiger partial charge is 0.254 e. The summed E-state index contributed by atoms with van der Waals surface area (Å²) in [6.07, 6.45) is 0. The van der Waals surface area contributed by atoms with Crippen LogP contribution in [0.4, 0.5) is 0 Å². The molecule has 1 aliphatic heterocycles. The number of hydrogen-bond donors (Lipinski definition) is 1. The van der Waals surface area contributed by atoms with Crippen LogP contribution in [0.3, 0.4) is 0 Å². The lowest BCUT2D eigenvalue weighted by atomic mass is 10.2. The van der Waals surface area contributed by atoms with Gasteiger partial charge in [0.25, 0.3) is 5.91 Å². The number of benzene rings is 1. The molecule has 2 heterocycles. The van der Waals surface area contributed by atoms with Gasteiger partial charge in [-0.15, -0.1) is 11.3 Å². The number of ether oxygens (including phenoxy) is 1. The zero-order valence-electron chi connectivity index (χ0n) is 13.3. The SMILES string of the molecule is O=C(c1csc(S(=O)(=O)NCc2ccccc2Cl)c1)N1CCOCC1. The molecular formula is C16H17ClN2O4S2. The highest BCUT2D eigenvalue weighted by Crippen LogP contribution is 2.23. The average Bonchev–Trinajstić information content (AvgIpc) is 3.12. The van der Waals surface area contributed by atoms with Crippen molar-refractivity contribution >= 4 is 38.9 Å². The Balaban J connectivity index is 1.69. The normalized spacial score (nSPS) is 15.3. The van der Waals surface area contributed by atoms with Crippen molar-refractivity contribution in [1.29, 1.82) is 0 Å². The Morgan fingerprint density at radius 1 is 1.28 bits per heavy atom. The highest BCUT2D eigenvalue weighted by Gasteiger charge is 2.23. The first kappa shape index (κ1) is 18.3. The molecule has 0 atom stereocenters. The maximum Gasteiger partial charge on any atom is 0.254 e. The number of halogens is 1. The number of rotatable bonds is 5. The third-order valence-electron chi connectivity index (χ3n) is 3.80. The molecule has 1 amide bonds. The maximum atomic E-state index is 12.4. The van der Waals surface area contributed by atoms with E-state index in [0.29, 0.717) is 42.5 Å². The zero-order valence-corrected chi connectivity index (χ0v) is 15.7. The van der Waals surface area contributed by atoms with E-state index in [9.17, 15) is 13.2 Å². The molecule has 2 aromatic rings. The largest absolute Gasteiger partial charge is 0.378 e. The first-order chi connectivity index (χ1) is 12.0. The second kappa shape index (κ2) is 7.84. The van der Waals surface area contributed by atoms with Crippen molar-refractivity contribution in [2.45, 2.75) is 10.8 Å². The van der Waals surface area contributed by atoms with Crippen LogP contribution in [0.1, 0.15) is 15.9 Å². The minimum atomic E-state index is -3.70. The van der Waals surface area contributed by atoms with Crippen LogP contribution in [0, 0.1) is 0 Å². The van der Waals surface area contributed by atoms with E-state index in [1.54, 1.807) is 34.5 Å². The van der Waals surface area contributed by atoms with Crippen molar-refractivity contribution in [3.63, 3.8) is 0 Å². The van der Waals surface area contributed by atoms with Gasteiger partial charge in [-0.2, -0.15) is 0 Å². The fourth-order valence-corrected chi connectivity index (χ4v) is 4.81. The Kier molecular flexibility index (Phi) is 5.75. The Hall–Kier alpha value is -1.45. The summed E-state index contributed by atoms with van der Waals surface area (Å²) < 4.78 is 32.7. The quantitative estimate of drug-likeness (QED) is 0.835. The van der Waals surface area contributed by atoms with Crippen molar-refractivity contribution < 1.29 is 17.9 Å². The van der Waals surface area contributed by atoms with E-state index >= 15 is 0 Å². The van der Waals surface area contributed by atoms with E-state index < -0.39 is 10.0 Å². The standard InChI is InChI=1S/C16H17ClN2O4S2/c17-14-4-2-1-3-12(14)10-18-25(21,22)15-9-13(11-24-15)16(20)19-5-7-23-8-6-19/h1-4,9,11,18H,5-8,10H2. The van der Waals surface area contributed by atoms with Crippen LogP contribution in [0.2, 0.25) is 5.02 Å². The lowest BCUT2D eigenvalue weighted by molar-refractivity contribution is 0.0303. The molecule has 134 valence electrons. The topological polar surface area (TPSA) is 75.7 Å². The van der Waals surface area contributed by atoms with Gasteiger partial charge in [0, 0.05) is 30.0 Å². The van der Waals surface area contributed by atoms with Crippen molar-refractivity contribution in [2.24, 2.45) is 0 Å². The van der Waals surface area contributed by atoms with Crippen LogP contribution >= 0.6 is 22.9 Å². The Bertz CT molecular complexity index is 861. The number of nitrogens with one attached hydrogen (secondary N) is 1. The van der Waals surface area contributed by atoms with Gasteiger partial charge in [-0.3, -0.25) is 4.79 Å². The van der Waals surface area contributed by atoms with Gasteiger partial charge in [0.15, 0.2) is 0 Å². The van der Waals surface area contributed by atoms with Gasteiger partial charge < -0.3 is 9.64 Å². The molecule has 0 unspecified atom stereocenters. The summed E-state index contributed by atoms with van der Waals surface area (Å²) >= 11 is 7.06. The van der Waals surface area contributed by atoms with Crippen LogP contribution < -0.4 is 4.72 Å². The molecule has 0 spiro atoms. The molecule has 1 N–H and O–H groups in total. The van der Waals surface area contributed by atoms with E-state index in [1.807, 2.05) is 0 Å². The van der Waals surface area contributed by atoms with Gasteiger partial charge in [0.2, 0.25) is 10.0 Å². The molecule has 25 heavy (non-hydrogen) atoms. The van der Waals surface area contributed by atoms with Crippen LogP contribution in [-0.2, 0) is 21.3 Å². The summed E-state index contributed by atoms with van der Waals surface area (Å²) in [4.78, 5) is 14.1. The number of carbonyl (C=O) groups excluding carboxylic acids is 1. The van der Waals surface area contributed by atoms with Crippen LogP contribution in [-0.4, -0.2) is 45.5 Å². The van der Waals surface area contributed by atoms with Gasteiger partial charge in [-0.25, -0.2) is 13.1 Å². The molecule has 1 aromatic heterocycles. The fraction of sp³-hybridized carbons (Fsp3) is 0.312. The van der Waals surface area contributed by atoms with Crippen molar-refractivity contribution in [2.75, 3.05) is 26.3 Å². The van der Waals surface area contributed by atoms with Gasteiger partial charge in [-0.05, 0) is 17.7 Å². The van der Waals surface area contributed by atoms with E-state index in [1.165, 1.54) is 6.07 Å². The van der Waals surface area contributed by atoms with Crippen LogP contribution in [0.15, 0.2) is 39.9 Å². The summed E-state index contributed by atoms with van der Waals surface area (Å²) in [6, 6.07) is 8.45. The second-order valence-electron chi connectivity index (χ2n) is 5.47. The summed E-state index contributed by atoms with van der Waals surface area (Å²) in [6.45, 7) is 2.12. The van der Waals surface area contributed by atoms with Crippen LogP contribution in [0.25, 0.3) is 0 Å². The predicted octanol–water partition coefficient (Wildman–Crippen LogP) is 2.35. The van der Waals surface area contributed by atoms with E-state index in [4.69, 9.17) is 16.3 Å². The van der Waals surface area contributed by atoms with Crippen molar-refractivity contribution in [3.05, 3.63) is 51.9 Å². The Labute approximate surface area is 155 Å². The molecule has 0 bridgehead atoms. The third-order valence-corrected chi connectivity index (χ3v) is 7.01. The molecule has 0 aliphatic carbocycles. The number of sulfonamides is 1. The summed E-state index contributed by atoms with van der Waals surface area (Å²) in [5.41, 5.74) is 1.07. The fourth-order valence-electron chi connectivity index (χ4n) is 2.40. The van der Waals surface area contributed by atoms with Gasteiger partial charge in [0.05, 0.1) is 18.8 Å². The van der Waals surface area contributed by atoms with Crippen molar-refractivity contribution in [1.82, 2.24) is 9.62 Å². The third kappa shape index (κ3) is 4.39. The van der Waals surface area contributed by atoms with Gasteiger partial charge >= 0.3 is 0 Å². The maximum absolute atomic E-state index is 12.4. The number of carbonyl (C=O) groups is 1. The second-order valence-corrected chi connectivity index (χ2v) is 8.79. The van der Waals surface area contributed by atoms with Gasteiger partial charge in [0.1, 0.15) is 4.21 Å².